The van der Waals surface area contributed by atoms with Gasteiger partial charge in [-0.1, -0.05) is 0 Å². The molecule has 24 heavy (non-hydrogen) atoms. The molecule has 0 unspecified atom stereocenters. The molecule has 134 valence electrons. The lowest BCUT2D eigenvalue weighted by Gasteiger charge is -2.23. The van der Waals surface area contributed by atoms with Crippen molar-refractivity contribution in [2.45, 2.75) is 0 Å². The highest BCUT2D eigenvalue weighted by atomic mass is 16.2. The highest BCUT2D eigenvalue weighted by Gasteiger charge is 2.19. The van der Waals surface area contributed by atoms with Gasteiger partial charge in [0.2, 0.25) is 0 Å². The molecule has 9 nitrogen and oxygen atoms in total. The van der Waals surface area contributed by atoms with Gasteiger partial charge in [-0.05, 0) is 6.07 Å². The van der Waals surface area contributed by atoms with E-state index in [0.29, 0.717) is 63.5 Å². The Kier molecular flexibility index (Phi) is 8.87. The molecule has 0 radical (unpaired) electrons. The first-order chi connectivity index (χ1) is 11.6. The second kappa shape index (κ2) is 10.7. The zero-order valence-electron chi connectivity index (χ0n) is 13.9. The highest BCUT2D eigenvalue weighted by molar-refractivity contribution is 5.99. The molecule has 1 aromatic heterocycles. The normalized spacial score (nSPS) is 10.5. The van der Waals surface area contributed by atoms with E-state index in [4.69, 9.17) is 22.9 Å². The largest absolute Gasteiger partial charge is 0.336 e. The molecule has 0 aliphatic heterocycles. The SMILES string of the molecule is NCCN(CCN)C(=O)c1cncc(C(=O)N(CCN)CCN)c1. The molecule has 0 fully saturated rings. The maximum Gasteiger partial charge on any atom is 0.255 e. The zero-order chi connectivity index (χ0) is 17.9. The Hall–Kier alpha value is -2.07. The van der Waals surface area contributed by atoms with Crippen molar-refractivity contribution in [3.8, 4) is 0 Å². The van der Waals surface area contributed by atoms with Crippen LogP contribution in [0.25, 0.3) is 0 Å². The first-order valence-electron chi connectivity index (χ1n) is 7.92. The molecule has 2 amide bonds. The van der Waals surface area contributed by atoms with Crippen LogP contribution in [-0.4, -0.2) is 79.0 Å². The number of amides is 2. The minimum atomic E-state index is -0.253. The Labute approximate surface area is 142 Å². The lowest BCUT2D eigenvalue weighted by atomic mass is 10.1. The third-order valence-electron chi connectivity index (χ3n) is 3.40. The van der Waals surface area contributed by atoms with Gasteiger partial charge in [0.05, 0.1) is 11.1 Å². The van der Waals surface area contributed by atoms with E-state index >= 15 is 0 Å². The Bertz CT molecular complexity index is 483. The van der Waals surface area contributed by atoms with Crippen LogP contribution in [0.5, 0.6) is 0 Å². The Morgan fingerprint density at radius 3 is 1.38 bits per heavy atom. The van der Waals surface area contributed by atoms with Crippen LogP contribution in [0.1, 0.15) is 20.7 Å². The van der Waals surface area contributed by atoms with Gasteiger partial charge in [0.25, 0.3) is 11.8 Å². The maximum atomic E-state index is 12.5. The lowest BCUT2D eigenvalue weighted by molar-refractivity contribution is 0.0762. The van der Waals surface area contributed by atoms with Crippen LogP contribution in [0.15, 0.2) is 18.5 Å². The molecule has 9 heteroatoms. The second-order valence-electron chi connectivity index (χ2n) is 5.20. The first kappa shape index (κ1) is 20.0. The minimum absolute atomic E-state index is 0.253. The van der Waals surface area contributed by atoms with Crippen molar-refractivity contribution < 1.29 is 9.59 Å². The van der Waals surface area contributed by atoms with Crippen molar-refractivity contribution in [2.75, 3.05) is 52.4 Å². The predicted molar refractivity (Wildman–Crippen MR) is 92.3 cm³/mol. The number of carbonyl (C=O) groups excluding carboxylic acids is 2. The average Bonchev–Trinajstić information content (AvgIpc) is 2.60. The number of pyridine rings is 1. The molecule has 0 spiro atoms. The summed E-state index contributed by atoms with van der Waals surface area (Å²) < 4.78 is 0. The van der Waals surface area contributed by atoms with Crippen molar-refractivity contribution in [1.82, 2.24) is 14.8 Å². The molecular formula is C15H27N7O2. The minimum Gasteiger partial charge on any atom is -0.336 e. The molecule has 1 heterocycles. The van der Waals surface area contributed by atoms with Crippen molar-refractivity contribution in [3.63, 3.8) is 0 Å². The van der Waals surface area contributed by atoms with Crippen LogP contribution >= 0.6 is 0 Å². The van der Waals surface area contributed by atoms with Gasteiger partial charge in [-0.3, -0.25) is 14.6 Å². The number of nitrogens with two attached hydrogens (primary N) is 4. The molecular weight excluding hydrogens is 310 g/mol. The standard InChI is InChI=1S/C15H27N7O2/c16-1-5-21(6-2-17)14(23)12-9-13(11-20-10-12)15(24)22(7-3-18)8-4-19/h9-11H,1-8,16-19H2. The molecule has 0 aromatic carbocycles. The van der Waals surface area contributed by atoms with Gasteiger partial charge in [-0.25, -0.2) is 0 Å². The van der Waals surface area contributed by atoms with Crippen molar-refractivity contribution >= 4 is 11.8 Å². The van der Waals surface area contributed by atoms with Gasteiger partial charge < -0.3 is 32.7 Å². The summed E-state index contributed by atoms with van der Waals surface area (Å²) >= 11 is 0. The first-order valence-corrected chi connectivity index (χ1v) is 7.92. The van der Waals surface area contributed by atoms with E-state index in [9.17, 15) is 9.59 Å². The van der Waals surface area contributed by atoms with Crippen LogP contribution in [0, 0.1) is 0 Å². The third-order valence-corrected chi connectivity index (χ3v) is 3.40. The van der Waals surface area contributed by atoms with E-state index in [1.54, 1.807) is 9.80 Å². The molecule has 1 rings (SSSR count). The fourth-order valence-corrected chi connectivity index (χ4v) is 2.29. The summed E-state index contributed by atoms with van der Waals surface area (Å²) in [5.74, 6) is -0.505. The molecule has 0 aliphatic carbocycles. The van der Waals surface area contributed by atoms with Gasteiger partial charge in [0.15, 0.2) is 0 Å². The quantitative estimate of drug-likeness (QED) is 0.377. The van der Waals surface area contributed by atoms with E-state index in [1.807, 2.05) is 0 Å². The van der Waals surface area contributed by atoms with Crippen LogP contribution in [-0.2, 0) is 0 Å². The Balaban J connectivity index is 2.99. The monoisotopic (exact) mass is 337 g/mol. The predicted octanol–water partition coefficient (Wildman–Crippen LogP) is -2.20. The summed E-state index contributed by atoms with van der Waals surface area (Å²) in [7, 11) is 0. The molecule has 0 saturated heterocycles. The summed E-state index contributed by atoms with van der Waals surface area (Å²) in [5.41, 5.74) is 22.7. The van der Waals surface area contributed by atoms with Crippen molar-refractivity contribution in [3.05, 3.63) is 29.6 Å². The molecule has 0 atom stereocenters. The van der Waals surface area contributed by atoms with E-state index < -0.39 is 0 Å². The molecule has 0 bridgehead atoms. The number of nitrogens with zero attached hydrogens (tertiary/aromatic N) is 3. The van der Waals surface area contributed by atoms with Crippen LogP contribution < -0.4 is 22.9 Å². The van der Waals surface area contributed by atoms with E-state index in [2.05, 4.69) is 4.98 Å². The number of hydrogen-bond acceptors (Lipinski definition) is 7. The number of aromatic nitrogens is 1. The molecule has 0 saturated carbocycles. The lowest BCUT2D eigenvalue weighted by Crippen LogP contribution is -2.40. The maximum absolute atomic E-state index is 12.5. The number of carbonyl (C=O) groups is 2. The van der Waals surface area contributed by atoms with Crippen molar-refractivity contribution in [2.24, 2.45) is 22.9 Å². The second-order valence-corrected chi connectivity index (χ2v) is 5.20. The van der Waals surface area contributed by atoms with Crippen LogP contribution in [0.2, 0.25) is 0 Å². The summed E-state index contributed by atoms with van der Waals surface area (Å²) in [6.45, 7) is 2.89. The van der Waals surface area contributed by atoms with Crippen molar-refractivity contribution in [1.29, 1.82) is 0 Å². The average molecular weight is 337 g/mol. The Morgan fingerprint density at radius 2 is 1.08 bits per heavy atom. The number of rotatable bonds is 10. The summed E-state index contributed by atoms with van der Waals surface area (Å²) in [6.07, 6.45) is 2.85. The van der Waals surface area contributed by atoms with E-state index in [1.165, 1.54) is 18.5 Å². The molecule has 8 N–H and O–H groups in total. The third kappa shape index (κ3) is 5.53. The highest BCUT2D eigenvalue weighted by Crippen LogP contribution is 2.09. The van der Waals surface area contributed by atoms with Gasteiger partial charge in [-0.15, -0.1) is 0 Å². The van der Waals surface area contributed by atoms with Gasteiger partial charge >= 0.3 is 0 Å². The van der Waals surface area contributed by atoms with Gasteiger partial charge in [0.1, 0.15) is 0 Å². The van der Waals surface area contributed by atoms with Crippen LogP contribution in [0.3, 0.4) is 0 Å². The zero-order valence-corrected chi connectivity index (χ0v) is 13.9. The molecule has 0 aliphatic rings. The van der Waals surface area contributed by atoms with Crippen LogP contribution in [0.4, 0.5) is 0 Å². The fourth-order valence-electron chi connectivity index (χ4n) is 2.29. The van der Waals surface area contributed by atoms with E-state index in [-0.39, 0.29) is 11.8 Å². The van der Waals surface area contributed by atoms with Gasteiger partial charge in [0, 0.05) is 64.8 Å². The summed E-state index contributed by atoms with van der Waals surface area (Å²) in [5, 5.41) is 0. The topological polar surface area (TPSA) is 158 Å². The smallest absolute Gasteiger partial charge is 0.255 e. The number of hydrogen-bond donors (Lipinski definition) is 4. The molecule has 1 aromatic rings. The Morgan fingerprint density at radius 1 is 0.750 bits per heavy atom. The summed E-state index contributed by atoms with van der Waals surface area (Å²) in [6, 6.07) is 1.53. The fraction of sp³-hybridized carbons (Fsp3) is 0.533. The summed E-state index contributed by atoms with van der Waals surface area (Å²) in [4.78, 5) is 32.2. The van der Waals surface area contributed by atoms with E-state index in [0.717, 1.165) is 0 Å². The van der Waals surface area contributed by atoms with Gasteiger partial charge in [-0.2, -0.15) is 0 Å².